The summed E-state index contributed by atoms with van der Waals surface area (Å²) in [6.07, 6.45) is 2.76. The molecule has 1 heterocycles. The fourth-order valence-electron chi connectivity index (χ4n) is 3.38. The van der Waals surface area contributed by atoms with Gasteiger partial charge in [0.1, 0.15) is 0 Å². The Hall–Kier alpha value is -1.19. The van der Waals surface area contributed by atoms with Gasteiger partial charge in [0.15, 0.2) is 0 Å². The Kier molecular flexibility index (Phi) is 6.81. The number of nitrogens with one attached hydrogen (secondary N) is 2. The highest BCUT2D eigenvalue weighted by Crippen LogP contribution is 2.28. The van der Waals surface area contributed by atoms with E-state index in [0.717, 1.165) is 38.0 Å². The third-order valence-corrected chi connectivity index (χ3v) is 5.65. The van der Waals surface area contributed by atoms with Crippen LogP contribution >= 0.6 is 12.4 Å². The fourth-order valence-corrected chi connectivity index (χ4v) is 3.90. The van der Waals surface area contributed by atoms with Crippen LogP contribution in [-0.4, -0.2) is 39.6 Å². The van der Waals surface area contributed by atoms with Gasteiger partial charge >= 0.3 is 0 Å². The summed E-state index contributed by atoms with van der Waals surface area (Å²) in [7, 11) is -3.69. The van der Waals surface area contributed by atoms with Gasteiger partial charge in [-0.15, -0.1) is 12.4 Å². The molecule has 1 aliphatic carbocycles. The van der Waals surface area contributed by atoms with E-state index in [2.05, 4.69) is 10.6 Å². The van der Waals surface area contributed by atoms with Gasteiger partial charge in [-0.05, 0) is 37.0 Å². The molecule has 2 fully saturated rings. The summed E-state index contributed by atoms with van der Waals surface area (Å²) in [5, 5.41) is 11.4. The number of rotatable bonds is 4. The van der Waals surface area contributed by atoms with Crippen molar-refractivity contribution < 1.29 is 17.9 Å². The molecule has 1 amide bonds. The molecule has 4 N–H and O–H groups in total. The smallest absolute Gasteiger partial charge is 0.238 e. The maximum absolute atomic E-state index is 12.4. The maximum atomic E-state index is 12.4. The summed E-state index contributed by atoms with van der Waals surface area (Å²) in [5.74, 6) is 0.0282. The minimum atomic E-state index is -3.69. The molecular formula is C16H24ClN3O4S. The Labute approximate surface area is 154 Å². The number of benzene rings is 1. The second kappa shape index (κ2) is 8.46. The van der Waals surface area contributed by atoms with Crippen LogP contribution in [0.2, 0.25) is 0 Å². The first-order chi connectivity index (χ1) is 11.4. The van der Waals surface area contributed by atoms with Crippen molar-refractivity contribution in [2.45, 2.75) is 42.8 Å². The molecule has 1 saturated carbocycles. The highest BCUT2D eigenvalue weighted by molar-refractivity contribution is 7.89. The number of fused-ring (bicyclic) bond motifs is 1. The summed E-state index contributed by atoms with van der Waals surface area (Å²) < 4.78 is 28.2. The zero-order valence-corrected chi connectivity index (χ0v) is 15.4. The van der Waals surface area contributed by atoms with E-state index in [1.54, 1.807) is 12.1 Å². The number of amides is 1. The van der Waals surface area contributed by atoms with Crippen molar-refractivity contribution in [3.05, 3.63) is 29.8 Å². The topological polar surface area (TPSA) is 111 Å². The number of hydrogen-bond donors (Lipinski definition) is 3. The van der Waals surface area contributed by atoms with Gasteiger partial charge in [-0.25, -0.2) is 13.6 Å². The molecule has 140 valence electrons. The Balaban J connectivity index is 0.00000225. The first-order valence-corrected chi connectivity index (χ1v) is 9.72. The van der Waals surface area contributed by atoms with E-state index < -0.39 is 10.0 Å². The molecule has 3 rings (SSSR count). The van der Waals surface area contributed by atoms with Crippen molar-refractivity contribution in [2.24, 2.45) is 11.1 Å². The van der Waals surface area contributed by atoms with Crippen LogP contribution in [0.25, 0.3) is 0 Å². The van der Waals surface area contributed by atoms with Crippen molar-refractivity contribution in [2.75, 3.05) is 13.2 Å². The number of halogens is 1. The van der Waals surface area contributed by atoms with Gasteiger partial charge < -0.3 is 15.4 Å². The summed E-state index contributed by atoms with van der Waals surface area (Å²) in [5.41, 5.74) is 0.837. The lowest BCUT2D eigenvalue weighted by atomic mass is 9.82. The van der Waals surface area contributed by atoms with Crippen LogP contribution in [0.4, 0.5) is 0 Å². The SMILES string of the molecule is Cl.NS(=O)(=O)c1ccc(CNC(=O)[C@H]2CC[C@H]3OCCN[C@@H]3C2)cc1. The number of primary sulfonamides is 1. The van der Waals surface area contributed by atoms with Gasteiger partial charge in [0.25, 0.3) is 0 Å². The molecule has 1 aromatic rings. The zero-order chi connectivity index (χ0) is 17.2. The third kappa shape index (κ3) is 5.15. The molecule has 0 unspecified atom stereocenters. The molecule has 9 heteroatoms. The Bertz CT molecular complexity index is 696. The molecule has 0 radical (unpaired) electrons. The van der Waals surface area contributed by atoms with Crippen LogP contribution in [0.3, 0.4) is 0 Å². The van der Waals surface area contributed by atoms with Crippen molar-refractivity contribution in [3.63, 3.8) is 0 Å². The van der Waals surface area contributed by atoms with Gasteiger partial charge in [0.2, 0.25) is 15.9 Å². The van der Waals surface area contributed by atoms with Crippen LogP contribution in [-0.2, 0) is 26.1 Å². The highest BCUT2D eigenvalue weighted by atomic mass is 35.5. The lowest BCUT2D eigenvalue weighted by Gasteiger charge is -2.39. The average molecular weight is 390 g/mol. The minimum Gasteiger partial charge on any atom is -0.375 e. The van der Waals surface area contributed by atoms with Gasteiger partial charge in [-0.3, -0.25) is 4.79 Å². The zero-order valence-electron chi connectivity index (χ0n) is 13.8. The summed E-state index contributed by atoms with van der Waals surface area (Å²) in [6, 6.07) is 6.48. The van der Waals surface area contributed by atoms with Crippen molar-refractivity contribution in [1.82, 2.24) is 10.6 Å². The van der Waals surface area contributed by atoms with Gasteiger partial charge in [0, 0.05) is 25.0 Å². The Morgan fingerprint density at radius 3 is 2.68 bits per heavy atom. The average Bonchev–Trinajstić information content (AvgIpc) is 2.59. The molecule has 25 heavy (non-hydrogen) atoms. The lowest BCUT2D eigenvalue weighted by Crippen LogP contribution is -2.53. The monoisotopic (exact) mass is 389 g/mol. The summed E-state index contributed by atoms with van der Waals surface area (Å²) in [4.78, 5) is 12.4. The Morgan fingerprint density at radius 2 is 2.00 bits per heavy atom. The van der Waals surface area contributed by atoms with Gasteiger partial charge in [-0.1, -0.05) is 12.1 Å². The number of ether oxygens (including phenoxy) is 1. The number of hydrogen-bond acceptors (Lipinski definition) is 5. The quantitative estimate of drug-likeness (QED) is 0.695. The fraction of sp³-hybridized carbons (Fsp3) is 0.562. The third-order valence-electron chi connectivity index (χ3n) is 4.72. The van der Waals surface area contributed by atoms with Crippen molar-refractivity contribution in [1.29, 1.82) is 0 Å². The molecule has 1 aliphatic heterocycles. The molecule has 0 aromatic heterocycles. The van der Waals surface area contributed by atoms with Crippen LogP contribution in [0, 0.1) is 5.92 Å². The van der Waals surface area contributed by atoms with Crippen LogP contribution < -0.4 is 15.8 Å². The summed E-state index contributed by atoms with van der Waals surface area (Å²) >= 11 is 0. The first-order valence-electron chi connectivity index (χ1n) is 8.18. The second-order valence-electron chi connectivity index (χ2n) is 6.39. The lowest BCUT2D eigenvalue weighted by molar-refractivity contribution is -0.128. The first kappa shape index (κ1) is 20.1. The summed E-state index contributed by atoms with van der Waals surface area (Å²) in [6.45, 7) is 1.96. The van der Waals surface area contributed by atoms with E-state index in [9.17, 15) is 13.2 Å². The molecular weight excluding hydrogens is 366 g/mol. The van der Waals surface area contributed by atoms with E-state index in [0.29, 0.717) is 6.54 Å². The number of carbonyl (C=O) groups is 1. The maximum Gasteiger partial charge on any atom is 0.238 e. The van der Waals surface area contributed by atoms with Gasteiger partial charge in [0.05, 0.1) is 17.6 Å². The highest BCUT2D eigenvalue weighted by Gasteiger charge is 2.35. The normalized spacial score (nSPS) is 26.2. The van der Waals surface area contributed by atoms with Crippen LogP contribution in [0.15, 0.2) is 29.2 Å². The molecule has 1 saturated heterocycles. The number of morpholine rings is 1. The van der Waals surface area contributed by atoms with Gasteiger partial charge in [-0.2, -0.15) is 0 Å². The largest absolute Gasteiger partial charge is 0.375 e. The number of nitrogens with two attached hydrogens (primary N) is 1. The molecule has 7 nitrogen and oxygen atoms in total. The standard InChI is InChI=1S/C16H23N3O4S.ClH/c17-24(21,22)13-4-1-11(2-5-13)10-19-16(20)12-3-6-15-14(9-12)18-7-8-23-15;/h1-2,4-5,12,14-15,18H,3,6-10H2,(H,19,20)(H2,17,21,22);1H/t12-,14+,15+;/m0./s1. The predicted molar refractivity (Wildman–Crippen MR) is 95.8 cm³/mol. The molecule has 0 bridgehead atoms. The number of carbonyl (C=O) groups excluding carboxylic acids is 1. The van der Waals surface area contributed by atoms with E-state index in [4.69, 9.17) is 9.88 Å². The minimum absolute atomic E-state index is 0. The van der Waals surface area contributed by atoms with E-state index in [1.807, 2.05) is 0 Å². The molecule has 0 spiro atoms. The number of sulfonamides is 1. The van der Waals surface area contributed by atoms with Crippen LogP contribution in [0.1, 0.15) is 24.8 Å². The predicted octanol–water partition coefficient (Wildman–Crippen LogP) is 0.529. The van der Waals surface area contributed by atoms with E-state index >= 15 is 0 Å². The second-order valence-corrected chi connectivity index (χ2v) is 7.95. The van der Waals surface area contributed by atoms with Crippen molar-refractivity contribution in [3.8, 4) is 0 Å². The van der Waals surface area contributed by atoms with E-state index in [-0.39, 0.29) is 41.3 Å². The Morgan fingerprint density at radius 1 is 1.28 bits per heavy atom. The molecule has 3 atom stereocenters. The van der Waals surface area contributed by atoms with Crippen LogP contribution in [0.5, 0.6) is 0 Å². The van der Waals surface area contributed by atoms with E-state index in [1.165, 1.54) is 12.1 Å². The molecule has 1 aromatic carbocycles. The van der Waals surface area contributed by atoms with Crippen molar-refractivity contribution >= 4 is 28.3 Å². The molecule has 2 aliphatic rings.